The van der Waals surface area contributed by atoms with Crippen LogP contribution in [0.3, 0.4) is 0 Å². The third kappa shape index (κ3) is 4.61. The largest absolute Gasteiger partial charge is 0.370 e. The lowest BCUT2D eigenvalue weighted by Crippen LogP contribution is -2.33. The fraction of sp³-hybridized carbons (Fsp3) is 1.00. The number of nitrogens with one attached hydrogen (secondary N) is 1. The topological polar surface area (TPSA) is 21.3 Å². The van der Waals surface area contributed by atoms with Gasteiger partial charge >= 0.3 is 0 Å². The molecule has 2 aliphatic rings. The number of halogens is 1. The molecule has 1 spiro atoms. The molecule has 1 heterocycles. The van der Waals surface area contributed by atoms with Crippen molar-refractivity contribution in [2.45, 2.75) is 76.4 Å². The van der Waals surface area contributed by atoms with E-state index in [9.17, 15) is 0 Å². The Balaban J connectivity index is 1.63. The first-order valence-electron chi connectivity index (χ1n) is 8.22. The van der Waals surface area contributed by atoms with Gasteiger partial charge in [0.1, 0.15) is 0 Å². The molecule has 1 aliphatic heterocycles. The van der Waals surface area contributed by atoms with Crippen molar-refractivity contribution in [3.63, 3.8) is 0 Å². The van der Waals surface area contributed by atoms with Gasteiger partial charge in [-0.05, 0) is 51.0 Å². The normalized spacial score (nSPS) is 27.2. The van der Waals surface area contributed by atoms with Gasteiger partial charge in [-0.25, -0.2) is 0 Å². The molecule has 0 aromatic heterocycles. The lowest BCUT2D eigenvalue weighted by molar-refractivity contribution is -0.0352. The second-order valence-electron chi connectivity index (χ2n) is 6.46. The standard InChI is InChI=1S/C16H30ClNO/c1-2-5-14(7-11-17)12-18-13-15-6-10-16(19-15)8-3-4-9-16/h14-15,18H,2-13H2,1H3. The highest BCUT2D eigenvalue weighted by atomic mass is 35.5. The summed E-state index contributed by atoms with van der Waals surface area (Å²) in [6, 6.07) is 0. The summed E-state index contributed by atoms with van der Waals surface area (Å²) in [5.74, 6) is 1.53. The molecule has 3 heteroatoms. The minimum Gasteiger partial charge on any atom is -0.370 e. The molecule has 2 unspecified atom stereocenters. The summed E-state index contributed by atoms with van der Waals surface area (Å²) in [6.45, 7) is 4.39. The van der Waals surface area contributed by atoms with E-state index in [2.05, 4.69) is 12.2 Å². The zero-order chi connectivity index (χ0) is 13.6. The van der Waals surface area contributed by atoms with E-state index in [0.29, 0.717) is 6.10 Å². The van der Waals surface area contributed by atoms with E-state index in [-0.39, 0.29) is 5.60 Å². The van der Waals surface area contributed by atoms with Crippen LogP contribution >= 0.6 is 11.6 Å². The van der Waals surface area contributed by atoms with Gasteiger partial charge in [-0.1, -0.05) is 26.2 Å². The SMILES string of the molecule is CCCC(CCCl)CNCC1CCC2(CCCC2)O1. The highest BCUT2D eigenvalue weighted by Crippen LogP contribution is 2.43. The minimum atomic E-state index is 0.283. The Morgan fingerprint density at radius 3 is 2.74 bits per heavy atom. The summed E-state index contributed by atoms with van der Waals surface area (Å²) in [6.07, 6.45) is 12.0. The van der Waals surface area contributed by atoms with E-state index in [0.717, 1.165) is 31.3 Å². The molecule has 19 heavy (non-hydrogen) atoms. The van der Waals surface area contributed by atoms with Gasteiger partial charge in [0, 0.05) is 12.4 Å². The molecule has 2 rings (SSSR count). The van der Waals surface area contributed by atoms with Gasteiger partial charge in [-0.15, -0.1) is 11.6 Å². The zero-order valence-electron chi connectivity index (χ0n) is 12.4. The van der Waals surface area contributed by atoms with Gasteiger partial charge in [-0.3, -0.25) is 0 Å². The molecule has 2 nitrogen and oxygen atoms in total. The average Bonchev–Trinajstić information content (AvgIpc) is 3.01. The molecular weight excluding hydrogens is 258 g/mol. The highest BCUT2D eigenvalue weighted by Gasteiger charge is 2.41. The minimum absolute atomic E-state index is 0.283. The smallest absolute Gasteiger partial charge is 0.0708 e. The molecule has 2 fully saturated rings. The number of hydrogen-bond acceptors (Lipinski definition) is 2. The van der Waals surface area contributed by atoms with Crippen LogP contribution < -0.4 is 5.32 Å². The molecule has 0 aromatic carbocycles. The van der Waals surface area contributed by atoms with E-state index in [1.165, 1.54) is 51.4 Å². The first kappa shape index (κ1) is 15.6. The van der Waals surface area contributed by atoms with Crippen molar-refractivity contribution in [1.82, 2.24) is 5.32 Å². The first-order chi connectivity index (χ1) is 9.28. The Labute approximate surface area is 123 Å². The Hall–Kier alpha value is 0.210. The third-order valence-electron chi connectivity index (χ3n) is 4.87. The van der Waals surface area contributed by atoms with Crippen molar-refractivity contribution in [1.29, 1.82) is 0 Å². The summed E-state index contributed by atoms with van der Waals surface area (Å²) in [4.78, 5) is 0. The van der Waals surface area contributed by atoms with Gasteiger partial charge in [-0.2, -0.15) is 0 Å². The second kappa shape index (κ2) is 7.85. The monoisotopic (exact) mass is 287 g/mol. The fourth-order valence-corrected chi connectivity index (χ4v) is 4.09. The van der Waals surface area contributed by atoms with Crippen LogP contribution in [-0.4, -0.2) is 30.7 Å². The molecule has 1 saturated heterocycles. The van der Waals surface area contributed by atoms with Gasteiger partial charge in [0.2, 0.25) is 0 Å². The van der Waals surface area contributed by atoms with Gasteiger partial charge in [0.15, 0.2) is 0 Å². The Morgan fingerprint density at radius 1 is 1.26 bits per heavy atom. The quantitative estimate of drug-likeness (QED) is 0.678. The lowest BCUT2D eigenvalue weighted by atomic mass is 9.98. The van der Waals surface area contributed by atoms with E-state index < -0.39 is 0 Å². The molecule has 2 atom stereocenters. The molecule has 1 saturated carbocycles. The predicted molar refractivity (Wildman–Crippen MR) is 81.9 cm³/mol. The molecule has 0 amide bonds. The van der Waals surface area contributed by atoms with Crippen molar-refractivity contribution in [3.05, 3.63) is 0 Å². The average molecular weight is 288 g/mol. The summed E-state index contributed by atoms with van der Waals surface area (Å²) in [5.41, 5.74) is 0.283. The molecule has 0 bridgehead atoms. The maximum atomic E-state index is 6.32. The predicted octanol–water partition coefficient (Wildman–Crippen LogP) is 4.11. The third-order valence-corrected chi connectivity index (χ3v) is 5.09. The lowest BCUT2D eigenvalue weighted by Gasteiger charge is -2.24. The molecule has 112 valence electrons. The van der Waals surface area contributed by atoms with Crippen LogP contribution in [0.5, 0.6) is 0 Å². The number of alkyl halides is 1. The first-order valence-corrected chi connectivity index (χ1v) is 8.76. The molecule has 1 aliphatic carbocycles. The van der Waals surface area contributed by atoms with Crippen LogP contribution in [0.1, 0.15) is 64.7 Å². The van der Waals surface area contributed by atoms with Crippen LogP contribution in [0, 0.1) is 5.92 Å². The van der Waals surface area contributed by atoms with Crippen LogP contribution in [0.2, 0.25) is 0 Å². The van der Waals surface area contributed by atoms with Crippen molar-refractivity contribution in [2.75, 3.05) is 19.0 Å². The maximum Gasteiger partial charge on any atom is 0.0708 e. The number of ether oxygens (including phenoxy) is 1. The Kier molecular flexibility index (Phi) is 6.44. The fourth-order valence-electron chi connectivity index (χ4n) is 3.79. The van der Waals surface area contributed by atoms with Crippen LogP contribution in [0.4, 0.5) is 0 Å². The highest BCUT2D eigenvalue weighted by molar-refractivity contribution is 6.17. The van der Waals surface area contributed by atoms with Gasteiger partial charge in [0.25, 0.3) is 0 Å². The zero-order valence-corrected chi connectivity index (χ0v) is 13.2. The second-order valence-corrected chi connectivity index (χ2v) is 6.84. The van der Waals surface area contributed by atoms with Crippen LogP contribution in [-0.2, 0) is 4.74 Å². The van der Waals surface area contributed by atoms with Crippen molar-refractivity contribution < 1.29 is 4.74 Å². The van der Waals surface area contributed by atoms with E-state index in [1.54, 1.807) is 0 Å². The van der Waals surface area contributed by atoms with Crippen molar-refractivity contribution in [2.24, 2.45) is 5.92 Å². The number of rotatable bonds is 8. The van der Waals surface area contributed by atoms with E-state index >= 15 is 0 Å². The molecule has 0 radical (unpaired) electrons. The van der Waals surface area contributed by atoms with Crippen LogP contribution in [0.15, 0.2) is 0 Å². The molecule has 0 aromatic rings. The summed E-state index contributed by atoms with van der Waals surface area (Å²) in [5, 5.41) is 3.62. The number of hydrogen-bond donors (Lipinski definition) is 1. The van der Waals surface area contributed by atoms with Gasteiger partial charge in [0.05, 0.1) is 11.7 Å². The Bertz CT molecular complexity index is 247. The molecular formula is C16H30ClNO. The Morgan fingerprint density at radius 2 is 2.05 bits per heavy atom. The van der Waals surface area contributed by atoms with E-state index in [4.69, 9.17) is 16.3 Å². The van der Waals surface area contributed by atoms with Crippen molar-refractivity contribution in [3.8, 4) is 0 Å². The summed E-state index contributed by atoms with van der Waals surface area (Å²) in [7, 11) is 0. The molecule has 1 N–H and O–H groups in total. The van der Waals surface area contributed by atoms with Crippen molar-refractivity contribution >= 4 is 11.6 Å². The van der Waals surface area contributed by atoms with Gasteiger partial charge < -0.3 is 10.1 Å². The summed E-state index contributed by atoms with van der Waals surface area (Å²) < 4.78 is 6.32. The van der Waals surface area contributed by atoms with E-state index in [1.807, 2.05) is 0 Å². The maximum absolute atomic E-state index is 6.32. The summed E-state index contributed by atoms with van der Waals surface area (Å²) >= 11 is 5.87. The van der Waals surface area contributed by atoms with Crippen LogP contribution in [0.25, 0.3) is 0 Å².